The van der Waals surface area contributed by atoms with Gasteiger partial charge in [0, 0.05) is 0 Å². The van der Waals surface area contributed by atoms with E-state index in [4.69, 9.17) is 0 Å². The zero-order valence-electron chi connectivity index (χ0n) is 18.8. The maximum atomic E-state index is 4.49. The average molecular weight is 405 g/mol. The van der Waals surface area contributed by atoms with Crippen LogP contribution in [0.5, 0.6) is 0 Å². The second kappa shape index (κ2) is 9.79. The summed E-state index contributed by atoms with van der Waals surface area (Å²) < 4.78 is 0. The average Bonchev–Trinajstić information content (AvgIpc) is 3.19. The van der Waals surface area contributed by atoms with Crippen LogP contribution in [0.25, 0.3) is 11.1 Å². The molecule has 0 heterocycles. The molecule has 31 heavy (non-hydrogen) atoms. The molecule has 1 aliphatic carbocycles. The van der Waals surface area contributed by atoms with E-state index < -0.39 is 0 Å². The monoisotopic (exact) mass is 404 g/mol. The van der Waals surface area contributed by atoms with Gasteiger partial charge in [-0.2, -0.15) is 0 Å². The molecule has 0 fully saturated rings. The van der Waals surface area contributed by atoms with Gasteiger partial charge in [0.05, 0.1) is 0 Å². The summed E-state index contributed by atoms with van der Waals surface area (Å²) in [6.07, 6.45) is 7.64. The van der Waals surface area contributed by atoms with Gasteiger partial charge >= 0.3 is 0 Å². The Balaban J connectivity index is 1.63. The van der Waals surface area contributed by atoms with E-state index in [0.29, 0.717) is 0 Å². The van der Waals surface area contributed by atoms with Crippen LogP contribution in [0.2, 0.25) is 0 Å². The Morgan fingerprint density at radius 1 is 0.774 bits per heavy atom. The maximum Gasteiger partial charge on any atom is -0.00639 e. The molecule has 4 rings (SSSR count). The van der Waals surface area contributed by atoms with E-state index in [1.165, 1.54) is 56.5 Å². The third-order valence-corrected chi connectivity index (χ3v) is 6.14. The Hall–Kier alpha value is -3.12. The predicted molar refractivity (Wildman–Crippen MR) is 135 cm³/mol. The fourth-order valence-electron chi connectivity index (χ4n) is 4.62. The van der Waals surface area contributed by atoms with Crippen molar-refractivity contribution < 1.29 is 0 Å². The number of hydrogen-bond acceptors (Lipinski definition) is 0. The van der Waals surface area contributed by atoms with Gasteiger partial charge in [0.15, 0.2) is 0 Å². The largest absolute Gasteiger partial charge is 0.0992 e. The molecule has 0 aliphatic heterocycles. The van der Waals surface area contributed by atoms with E-state index in [0.717, 1.165) is 25.7 Å². The van der Waals surface area contributed by atoms with Crippen molar-refractivity contribution in [3.05, 3.63) is 130 Å². The van der Waals surface area contributed by atoms with Gasteiger partial charge in [-0.25, -0.2) is 0 Å². The van der Waals surface area contributed by atoms with Crippen LogP contribution in [0.1, 0.15) is 54.0 Å². The van der Waals surface area contributed by atoms with Gasteiger partial charge in [0.25, 0.3) is 0 Å². The SMILES string of the molecule is C=C(CC1=C(c2ccccc2)C(c2ccc(C)cc2)=CC1)Cc1ccccc1CCC. The molecule has 0 atom stereocenters. The molecule has 1 aliphatic rings. The first-order valence-electron chi connectivity index (χ1n) is 11.4. The first-order valence-corrected chi connectivity index (χ1v) is 11.4. The van der Waals surface area contributed by atoms with E-state index in [9.17, 15) is 0 Å². The van der Waals surface area contributed by atoms with Crippen LogP contribution in [0, 0.1) is 6.92 Å². The third-order valence-electron chi connectivity index (χ3n) is 6.14. The molecule has 0 saturated heterocycles. The third kappa shape index (κ3) is 4.97. The van der Waals surface area contributed by atoms with Crippen molar-refractivity contribution in [2.24, 2.45) is 0 Å². The van der Waals surface area contributed by atoms with Crippen LogP contribution in [-0.4, -0.2) is 0 Å². The van der Waals surface area contributed by atoms with Crippen molar-refractivity contribution in [3.8, 4) is 0 Å². The lowest BCUT2D eigenvalue weighted by molar-refractivity contribution is 0.895. The second-order valence-corrected chi connectivity index (χ2v) is 8.65. The normalized spacial score (nSPS) is 13.4. The lowest BCUT2D eigenvalue weighted by atomic mass is 9.89. The first kappa shape index (κ1) is 21.1. The second-order valence-electron chi connectivity index (χ2n) is 8.65. The zero-order valence-corrected chi connectivity index (χ0v) is 18.8. The Labute approximate surface area is 187 Å². The summed E-state index contributed by atoms with van der Waals surface area (Å²) in [4.78, 5) is 0. The molecule has 0 saturated carbocycles. The van der Waals surface area contributed by atoms with Crippen LogP contribution in [0.15, 0.2) is 103 Å². The molecule has 0 spiro atoms. The van der Waals surface area contributed by atoms with E-state index in [2.05, 4.69) is 105 Å². The quantitative estimate of drug-likeness (QED) is 0.331. The molecule has 3 aromatic carbocycles. The first-order chi connectivity index (χ1) is 15.2. The number of rotatable bonds is 8. The molecule has 3 aromatic rings. The van der Waals surface area contributed by atoms with Crippen molar-refractivity contribution in [2.45, 2.75) is 46.0 Å². The topological polar surface area (TPSA) is 0 Å². The van der Waals surface area contributed by atoms with Crippen molar-refractivity contribution in [1.82, 2.24) is 0 Å². The van der Waals surface area contributed by atoms with Crippen LogP contribution < -0.4 is 0 Å². The molecule has 0 unspecified atom stereocenters. The standard InChI is InChI=1S/C31H32/c1-4-10-25-11-8-9-14-28(25)21-24(3)22-29-19-20-30(26-17-15-23(2)16-18-26)31(29)27-12-6-5-7-13-27/h5-9,11-18,20H,3-4,10,19,21-22H2,1-2H3. The van der Waals surface area contributed by atoms with Crippen molar-refractivity contribution in [3.63, 3.8) is 0 Å². The highest BCUT2D eigenvalue weighted by Crippen LogP contribution is 2.42. The van der Waals surface area contributed by atoms with Gasteiger partial charge in [0.2, 0.25) is 0 Å². The number of benzene rings is 3. The molecule has 0 bridgehead atoms. The Morgan fingerprint density at radius 2 is 1.45 bits per heavy atom. The Kier molecular flexibility index (Phi) is 6.67. The molecular formula is C31H32. The summed E-state index contributed by atoms with van der Waals surface area (Å²) in [7, 11) is 0. The van der Waals surface area contributed by atoms with Crippen LogP contribution in [-0.2, 0) is 12.8 Å². The number of aryl methyl sites for hydroxylation is 2. The van der Waals surface area contributed by atoms with E-state index in [1.54, 1.807) is 0 Å². The van der Waals surface area contributed by atoms with Crippen LogP contribution in [0.4, 0.5) is 0 Å². The summed E-state index contributed by atoms with van der Waals surface area (Å²) in [5, 5.41) is 0. The summed E-state index contributed by atoms with van der Waals surface area (Å²) >= 11 is 0. The minimum Gasteiger partial charge on any atom is -0.0992 e. The van der Waals surface area contributed by atoms with Gasteiger partial charge in [-0.05, 0) is 66.0 Å². The highest BCUT2D eigenvalue weighted by molar-refractivity contribution is 6.08. The summed E-state index contributed by atoms with van der Waals surface area (Å²) in [5.41, 5.74) is 12.3. The highest BCUT2D eigenvalue weighted by atomic mass is 14.2. The van der Waals surface area contributed by atoms with Gasteiger partial charge in [-0.15, -0.1) is 0 Å². The summed E-state index contributed by atoms with van der Waals surface area (Å²) in [5.74, 6) is 0. The lowest BCUT2D eigenvalue weighted by Crippen LogP contribution is -1.98. The highest BCUT2D eigenvalue weighted by Gasteiger charge is 2.21. The molecule has 0 aromatic heterocycles. The van der Waals surface area contributed by atoms with Crippen LogP contribution in [0.3, 0.4) is 0 Å². The molecule has 0 heteroatoms. The van der Waals surface area contributed by atoms with Gasteiger partial charge in [0.1, 0.15) is 0 Å². The minimum absolute atomic E-state index is 0.955. The number of hydrogen-bond donors (Lipinski definition) is 0. The minimum atomic E-state index is 0.955. The lowest BCUT2D eigenvalue weighted by Gasteiger charge is -2.15. The van der Waals surface area contributed by atoms with Gasteiger partial charge < -0.3 is 0 Å². The molecule has 0 amide bonds. The van der Waals surface area contributed by atoms with Crippen molar-refractivity contribution >= 4 is 11.1 Å². The summed E-state index contributed by atoms with van der Waals surface area (Å²) in [6.45, 7) is 8.89. The fourth-order valence-corrected chi connectivity index (χ4v) is 4.62. The van der Waals surface area contributed by atoms with E-state index in [-0.39, 0.29) is 0 Å². The van der Waals surface area contributed by atoms with Gasteiger partial charge in [-0.3, -0.25) is 0 Å². The van der Waals surface area contributed by atoms with E-state index in [1.807, 2.05) is 0 Å². The number of allylic oxidation sites excluding steroid dienone is 5. The fraction of sp³-hybridized carbons (Fsp3) is 0.226. The smallest absolute Gasteiger partial charge is 0.00639 e. The Morgan fingerprint density at radius 3 is 2.16 bits per heavy atom. The van der Waals surface area contributed by atoms with Crippen LogP contribution >= 0.6 is 0 Å². The molecule has 0 radical (unpaired) electrons. The zero-order chi connectivity index (χ0) is 21.6. The summed E-state index contributed by atoms with van der Waals surface area (Å²) in [6, 6.07) is 28.6. The molecule has 0 nitrogen and oxygen atoms in total. The Bertz CT molecular complexity index is 1110. The maximum absolute atomic E-state index is 4.49. The van der Waals surface area contributed by atoms with Gasteiger partial charge in [-0.1, -0.05) is 122 Å². The van der Waals surface area contributed by atoms with E-state index >= 15 is 0 Å². The molecule has 156 valence electrons. The predicted octanol–water partition coefficient (Wildman–Crippen LogP) is 8.38. The van der Waals surface area contributed by atoms with Crippen molar-refractivity contribution in [1.29, 1.82) is 0 Å². The molecule has 0 N–H and O–H groups in total. The molecular weight excluding hydrogens is 372 g/mol. The van der Waals surface area contributed by atoms with Crippen molar-refractivity contribution in [2.75, 3.05) is 0 Å².